The number of benzene rings is 2. The highest BCUT2D eigenvalue weighted by Gasteiger charge is 2.52. The van der Waals surface area contributed by atoms with Gasteiger partial charge in [0.15, 0.2) is 0 Å². The van der Waals surface area contributed by atoms with E-state index in [0.29, 0.717) is 5.69 Å². The van der Waals surface area contributed by atoms with Crippen LogP contribution in [-0.2, 0) is 34.1 Å². The fraction of sp³-hybridized carbons (Fsp3) is 0.240. The van der Waals surface area contributed by atoms with Crippen LogP contribution >= 0.6 is 0 Å². The van der Waals surface area contributed by atoms with Gasteiger partial charge >= 0.3 is 23.9 Å². The van der Waals surface area contributed by atoms with Gasteiger partial charge in [-0.2, -0.15) is 0 Å². The van der Waals surface area contributed by atoms with Gasteiger partial charge in [0.05, 0.1) is 50.8 Å². The molecule has 11 nitrogen and oxygen atoms in total. The second-order valence-corrected chi connectivity index (χ2v) is 7.78. The number of carbonyl (C=O) groups excluding carboxylic acids is 4. The third-order valence-electron chi connectivity index (χ3n) is 6.00. The van der Waals surface area contributed by atoms with Gasteiger partial charge in [0.2, 0.25) is 0 Å². The zero-order valence-electron chi connectivity index (χ0n) is 20.3. The standard InChI is InChI=1S/C25H25N3O8/c1-25(16(23(31)35-4)12-17(29)33-2)15-11-14(22(30)34-3)18(24(32)36-5)20(26)19(15)21(27)28(25)13-9-7-6-8-10-13/h6-12,27H,26H2,1-5H3/b16-12+,27-21?. The number of carbonyl (C=O) groups is 4. The van der Waals surface area contributed by atoms with Crippen LogP contribution in [0.5, 0.6) is 0 Å². The van der Waals surface area contributed by atoms with Crippen LogP contribution in [0.1, 0.15) is 38.8 Å². The van der Waals surface area contributed by atoms with Crippen molar-refractivity contribution in [3.8, 4) is 0 Å². The molecule has 1 aliphatic rings. The lowest BCUT2D eigenvalue weighted by Gasteiger charge is -2.38. The number of methoxy groups -OCH3 is 4. The minimum absolute atomic E-state index is 0.0640. The number of fused-ring (bicyclic) bond motifs is 1. The molecule has 1 heterocycles. The molecule has 0 fully saturated rings. The predicted molar refractivity (Wildman–Crippen MR) is 129 cm³/mol. The van der Waals surface area contributed by atoms with Crippen molar-refractivity contribution in [1.29, 1.82) is 5.41 Å². The molecule has 2 aromatic rings. The molecule has 0 saturated heterocycles. The average Bonchev–Trinajstić information content (AvgIpc) is 3.12. The third-order valence-corrected chi connectivity index (χ3v) is 6.00. The van der Waals surface area contributed by atoms with Crippen LogP contribution in [0, 0.1) is 5.41 Å². The SMILES string of the molecule is COC(=O)/C=C(\C(=O)OC)C1(C)c2cc(C(=O)OC)c(C(=O)OC)c(N)c2C(=N)N1c1ccccc1. The van der Waals surface area contributed by atoms with Crippen molar-refractivity contribution < 1.29 is 38.1 Å². The van der Waals surface area contributed by atoms with Gasteiger partial charge in [-0.05, 0) is 30.7 Å². The van der Waals surface area contributed by atoms with E-state index >= 15 is 0 Å². The summed E-state index contributed by atoms with van der Waals surface area (Å²) in [6.45, 7) is 1.56. The third kappa shape index (κ3) is 3.94. The summed E-state index contributed by atoms with van der Waals surface area (Å²) in [5.41, 5.74) is 4.53. The van der Waals surface area contributed by atoms with Crippen molar-refractivity contribution in [2.24, 2.45) is 0 Å². The largest absolute Gasteiger partial charge is 0.466 e. The molecule has 11 heteroatoms. The van der Waals surface area contributed by atoms with Gasteiger partial charge in [0.1, 0.15) is 11.4 Å². The van der Waals surface area contributed by atoms with E-state index in [2.05, 4.69) is 0 Å². The molecule has 0 radical (unpaired) electrons. The quantitative estimate of drug-likeness (QED) is 0.263. The number of ether oxygens (including phenoxy) is 4. The van der Waals surface area contributed by atoms with E-state index in [9.17, 15) is 19.2 Å². The average molecular weight is 495 g/mol. The highest BCUT2D eigenvalue weighted by molar-refractivity contribution is 6.22. The summed E-state index contributed by atoms with van der Waals surface area (Å²) in [7, 11) is 4.53. The first-order chi connectivity index (χ1) is 17.1. The summed E-state index contributed by atoms with van der Waals surface area (Å²) in [6, 6.07) is 9.87. The van der Waals surface area contributed by atoms with Crippen LogP contribution in [0.4, 0.5) is 11.4 Å². The van der Waals surface area contributed by atoms with E-state index in [-0.39, 0.29) is 39.3 Å². The molecule has 3 rings (SSSR count). The Bertz CT molecular complexity index is 1300. The summed E-state index contributed by atoms with van der Waals surface area (Å²) in [4.78, 5) is 52.1. The topological polar surface area (TPSA) is 158 Å². The summed E-state index contributed by atoms with van der Waals surface area (Å²) in [5, 5.41) is 9.04. The number of amidine groups is 1. The maximum absolute atomic E-state index is 13.0. The molecule has 2 aromatic carbocycles. The molecular formula is C25H25N3O8. The van der Waals surface area contributed by atoms with Gasteiger partial charge in [-0.3, -0.25) is 5.41 Å². The molecule has 1 aliphatic heterocycles. The van der Waals surface area contributed by atoms with Crippen molar-refractivity contribution in [2.45, 2.75) is 12.5 Å². The fourth-order valence-corrected chi connectivity index (χ4v) is 4.31. The molecule has 188 valence electrons. The van der Waals surface area contributed by atoms with E-state index in [1.165, 1.54) is 11.0 Å². The lowest BCUT2D eigenvalue weighted by molar-refractivity contribution is -0.139. The normalized spacial score (nSPS) is 16.8. The molecule has 1 unspecified atom stereocenters. The van der Waals surface area contributed by atoms with Gasteiger partial charge in [-0.1, -0.05) is 18.2 Å². The Hall–Kier alpha value is -4.67. The number of nitrogen functional groups attached to an aromatic ring is 1. The minimum Gasteiger partial charge on any atom is -0.466 e. The second kappa shape index (κ2) is 9.90. The molecule has 0 bridgehead atoms. The zero-order valence-corrected chi connectivity index (χ0v) is 20.3. The van der Waals surface area contributed by atoms with E-state index in [1.54, 1.807) is 37.3 Å². The predicted octanol–water partition coefficient (Wildman–Crippen LogP) is 2.18. The van der Waals surface area contributed by atoms with Crippen LogP contribution in [0.2, 0.25) is 0 Å². The fourth-order valence-electron chi connectivity index (χ4n) is 4.31. The van der Waals surface area contributed by atoms with Crippen LogP contribution < -0.4 is 10.6 Å². The van der Waals surface area contributed by atoms with Crippen LogP contribution in [0.3, 0.4) is 0 Å². The highest BCUT2D eigenvalue weighted by Crippen LogP contribution is 2.50. The van der Waals surface area contributed by atoms with Gasteiger partial charge in [-0.25, -0.2) is 19.2 Å². The summed E-state index contributed by atoms with van der Waals surface area (Å²) < 4.78 is 19.4. The number of hydrogen-bond donors (Lipinski definition) is 2. The minimum atomic E-state index is -1.61. The van der Waals surface area contributed by atoms with Gasteiger partial charge in [0, 0.05) is 17.3 Å². The Labute approximate surface area is 206 Å². The maximum Gasteiger partial charge on any atom is 0.340 e. The van der Waals surface area contributed by atoms with E-state index in [4.69, 9.17) is 30.1 Å². The van der Waals surface area contributed by atoms with Gasteiger partial charge in [-0.15, -0.1) is 0 Å². The second-order valence-electron chi connectivity index (χ2n) is 7.78. The van der Waals surface area contributed by atoms with E-state index < -0.39 is 29.4 Å². The van der Waals surface area contributed by atoms with Crippen molar-refractivity contribution in [3.05, 3.63) is 70.3 Å². The number of rotatable bonds is 6. The Balaban J connectivity index is 2.53. The molecule has 36 heavy (non-hydrogen) atoms. The summed E-state index contributed by atoms with van der Waals surface area (Å²) in [5.74, 6) is -3.75. The smallest absolute Gasteiger partial charge is 0.340 e. The summed E-state index contributed by atoms with van der Waals surface area (Å²) in [6.07, 6.45) is 0.951. The van der Waals surface area contributed by atoms with Crippen LogP contribution in [-0.4, -0.2) is 58.2 Å². The monoisotopic (exact) mass is 495 g/mol. The van der Waals surface area contributed by atoms with Crippen molar-refractivity contribution in [2.75, 3.05) is 39.1 Å². The number of para-hydroxylation sites is 1. The molecule has 1 atom stereocenters. The molecule has 0 amide bonds. The van der Waals surface area contributed by atoms with Crippen LogP contribution in [0.15, 0.2) is 48.0 Å². The maximum atomic E-state index is 13.0. The molecule has 3 N–H and O–H groups in total. The van der Waals surface area contributed by atoms with E-state index in [1.807, 2.05) is 0 Å². The van der Waals surface area contributed by atoms with Crippen molar-refractivity contribution in [3.63, 3.8) is 0 Å². The molecule has 0 aromatic heterocycles. The lowest BCUT2D eigenvalue weighted by Crippen LogP contribution is -2.46. The summed E-state index contributed by atoms with van der Waals surface area (Å²) >= 11 is 0. The van der Waals surface area contributed by atoms with Crippen molar-refractivity contribution >= 4 is 41.1 Å². The number of nitrogens with two attached hydrogens (primary N) is 1. The first kappa shape index (κ1) is 25.9. The molecule has 0 aliphatic carbocycles. The molecule has 0 saturated carbocycles. The first-order valence-corrected chi connectivity index (χ1v) is 10.5. The highest BCUT2D eigenvalue weighted by atomic mass is 16.5. The Kier molecular flexibility index (Phi) is 7.14. The molecular weight excluding hydrogens is 470 g/mol. The number of nitrogens with one attached hydrogen (secondary N) is 1. The number of nitrogens with zero attached hydrogens (tertiary/aromatic N) is 1. The Morgan fingerprint density at radius 3 is 2.08 bits per heavy atom. The van der Waals surface area contributed by atoms with Gasteiger partial charge < -0.3 is 29.6 Å². The lowest BCUT2D eigenvalue weighted by atomic mass is 9.81. The zero-order chi connectivity index (χ0) is 26.8. The number of hydrogen-bond acceptors (Lipinski definition) is 10. The Morgan fingerprint density at radius 2 is 1.56 bits per heavy atom. The first-order valence-electron chi connectivity index (χ1n) is 10.5. The van der Waals surface area contributed by atoms with E-state index in [0.717, 1.165) is 34.5 Å². The van der Waals surface area contributed by atoms with Gasteiger partial charge in [0.25, 0.3) is 0 Å². The number of anilines is 2. The van der Waals surface area contributed by atoms with Crippen molar-refractivity contribution in [1.82, 2.24) is 0 Å². The Morgan fingerprint density at radius 1 is 0.944 bits per heavy atom. The molecule has 0 spiro atoms. The van der Waals surface area contributed by atoms with Crippen LogP contribution in [0.25, 0.3) is 0 Å². The number of esters is 4.